The second-order valence-electron chi connectivity index (χ2n) is 8.29. The van der Waals surface area contributed by atoms with Crippen LogP contribution < -0.4 is 10.6 Å². The lowest BCUT2D eigenvalue weighted by molar-refractivity contribution is 0.107. The number of aliphatic imine (C=N–C) groups is 1. The molecule has 0 radical (unpaired) electrons. The van der Waals surface area contributed by atoms with E-state index in [1.165, 1.54) is 6.07 Å². The van der Waals surface area contributed by atoms with Gasteiger partial charge < -0.3 is 15.5 Å². The van der Waals surface area contributed by atoms with Crippen LogP contribution in [0, 0.1) is 5.82 Å². The molecule has 0 spiro atoms. The smallest absolute Gasteiger partial charge is 0.191 e. The second-order valence-corrected chi connectivity index (χ2v) is 8.29. The minimum absolute atomic E-state index is 0.198. The van der Waals surface area contributed by atoms with E-state index in [1.807, 2.05) is 6.07 Å². The molecule has 1 aromatic carbocycles. The molecule has 5 nitrogen and oxygen atoms in total. The SMILES string of the molecule is CCNC(=NCC(C)(C)c1cccc(F)c1)NCC(C)N1CCN(CC)CC1. The fourth-order valence-electron chi connectivity index (χ4n) is 3.51. The molecule has 1 aromatic rings. The van der Waals surface area contributed by atoms with Gasteiger partial charge >= 0.3 is 0 Å². The average molecular weight is 392 g/mol. The molecular weight excluding hydrogens is 353 g/mol. The van der Waals surface area contributed by atoms with Gasteiger partial charge in [-0.2, -0.15) is 0 Å². The van der Waals surface area contributed by atoms with Gasteiger partial charge in [0.05, 0.1) is 6.54 Å². The first-order chi connectivity index (χ1) is 13.4. The number of nitrogens with zero attached hydrogens (tertiary/aromatic N) is 3. The Hall–Kier alpha value is -1.66. The summed E-state index contributed by atoms with van der Waals surface area (Å²) in [5.74, 6) is 0.627. The maximum atomic E-state index is 13.6. The van der Waals surface area contributed by atoms with Crippen molar-refractivity contribution in [2.45, 2.75) is 46.1 Å². The predicted molar refractivity (Wildman–Crippen MR) is 117 cm³/mol. The highest BCUT2D eigenvalue weighted by Crippen LogP contribution is 2.24. The third-order valence-corrected chi connectivity index (χ3v) is 5.63. The van der Waals surface area contributed by atoms with E-state index in [0.717, 1.165) is 57.3 Å². The standard InChI is InChI=1S/C22H38FN5/c1-6-24-21(25-16-18(3)28-13-11-27(7-2)12-14-28)26-17-22(4,5)19-9-8-10-20(23)15-19/h8-10,15,18H,6-7,11-14,16-17H2,1-5H3,(H2,24,25,26). The summed E-state index contributed by atoms with van der Waals surface area (Å²) in [6.45, 7) is 18.7. The monoisotopic (exact) mass is 391 g/mol. The molecule has 158 valence electrons. The quantitative estimate of drug-likeness (QED) is 0.528. The average Bonchev–Trinajstić information content (AvgIpc) is 2.70. The van der Waals surface area contributed by atoms with Crippen LogP contribution in [0.25, 0.3) is 0 Å². The Labute approximate surface area is 170 Å². The third-order valence-electron chi connectivity index (χ3n) is 5.63. The van der Waals surface area contributed by atoms with Crippen LogP contribution in [0.4, 0.5) is 4.39 Å². The molecule has 1 aliphatic heterocycles. The number of benzene rings is 1. The summed E-state index contributed by atoms with van der Waals surface area (Å²) in [4.78, 5) is 9.82. The van der Waals surface area contributed by atoms with Gasteiger partial charge in [-0.25, -0.2) is 4.39 Å². The molecule has 28 heavy (non-hydrogen) atoms. The summed E-state index contributed by atoms with van der Waals surface area (Å²) in [6, 6.07) is 7.28. The number of rotatable bonds is 8. The van der Waals surface area contributed by atoms with Gasteiger partial charge in [-0.1, -0.05) is 32.9 Å². The first-order valence-electron chi connectivity index (χ1n) is 10.6. The Kier molecular flexibility index (Phi) is 8.70. The molecule has 6 heteroatoms. The molecular formula is C22H38FN5. The Morgan fingerprint density at radius 1 is 1.18 bits per heavy atom. The van der Waals surface area contributed by atoms with E-state index in [2.05, 4.69) is 55.1 Å². The van der Waals surface area contributed by atoms with Gasteiger partial charge in [0.15, 0.2) is 5.96 Å². The summed E-state index contributed by atoms with van der Waals surface area (Å²) in [6.07, 6.45) is 0. The summed E-state index contributed by atoms with van der Waals surface area (Å²) in [5.41, 5.74) is 0.737. The molecule has 1 fully saturated rings. The van der Waals surface area contributed by atoms with Crippen molar-refractivity contribution in [1.29, 1.82) is 0 Å². The van der Waals surface area contributed by atoms with Crippen molar-refractivity contribution >= 4 is 5.96 Å². The van der Waals surface area contributed by atoms with Crippen LogP contribution in [0.1, 0.15) is 40.2 Å². The molecule has 0 saturated carbocycles. The van der Waals surface area contributed by atoms with Gasteiger partial charge in [0.1, 0.15) is 5.82 Å². The Balaban J connectivity index is 1.91. The number of hydrogen-bond acceptors (Lipinski definition) is 3. The van der Waals surface area contributed by atoms with E-state index >= 15 is 0 Å². The van der Waals surface area contributed by atoms with Gasteiger partial charge in [-0.15, -0.1) is 0 Å². The molecule has 0 aliphatic carbocycles. The number of piperazine rings is 1. The van der Waals surface area contributed by atoms with E-state index in [-0.39, 0.29) is 11.2 Å². The van der Waals surface area contributed by atoms with E-state index in [0.29, 0.717) is 12.6 Å². The summed E-state index contributed by atoms with van der Waals surface area (Å²) in [7, 11) is 0. The normalized spacial score (nSPS) is 18.1. The maximum Gasteiger partial charge on any atom is 0.191 e. The minimum Gasteiger partial charge on any atom is -0.357 e. The third kappa shape index (κ3) is 6.74. The highest BCUT2D eigenvalue weighted by Gasteiger charge is 2.22. The molecule has 0 amide bonds. The topological polar surface area (TPSA) is 42.9 Å². The van der Waals surface area contributed by atoms with E-state index in [9.17, 15) is 4.39 Å². The van der Waals surface area contributed by atoms with Crippen molar-refractivity contribution in [2.24, 2.45) is 4.99 Å². The van der Waals surface area contributed by atoms with Crippen molar-refractivity contribution in [3.8, 4) is 0 Å². The van der Waals surface area contributed by atoms with Crippen LogP contribution in [0.2, 0.25) is 0 Å². The molecule has 1 aliphatic rings. The zero-order chi connectivity index (χ0) is 20.6. The maximum absolute atomic E-state index is 13.6. The van der Waals surface area contributed by atoms with Crippen LogP contribution in [0.15, 0.2) is 29.3 Å². The molecule has 1 saturated heterocycles. The molecule has 1 atom stereocenters. The lowest BCUT2D eigenvalue weighted by Crippen LogP contribution is -2.53. The molecule has 1 unspecified atom stereocenters. The van der Waals surface area contributed by atoms with Crippen LogP contribution >= 0.6 is 0 Å². The van der Waals surface area contributed by atoms with Crippen molar-refractivity contribution in [1.82, 2.24) is 20.4 Å². The number of hydrogen-bond donors (Lipinski definition) is 2. The zero-order valence-corrected chi connectivity index (χ0v) is 18.3. The Morgan fingerprint density at radius 3 is 2.50 bits per heavy atom. The summed E-state index contributed by atoms with van der Waals surface area (Å²) >= 11 is 0. The van der Waals surface area contributed by atoms with E-state index in [1.54, 1.807) is 12.1 Å². The van der Waals surface area contributed by atoms with Crippen LogP contribution in [0.3, 0.4) is 0 Å². The Bertz CT molecular complexity index is 623. The lowest BCUT2D eigenvalue weighted by Gasteiger charge is -2.37. The van der Waals surface area contributed by atoms with Gasteiger partial charge in [-0.05, 0) is 38.1 Å². The van der Waals surface area contributed by atoms with Gasteiger partial charge in [0, 0.05) is 50.7 Å². The number of guanidine groups is 1. The molecule has 2 N–H and O–H groups in total. The fraction of sp³-hybridized carbons (Fsp3) is 0.682. The first kappa shape index (κ1) is 22.6. The number of likely N-dealkylation sites (N-methyl/N-ethyl adjacent to an activating group) is 1. The molecule has 0 bridgehead atoms. The van der Waals surface area contributed by atoms with Gasteiger partial charge in [0.2, 0.25) is 0 Å². The van der Waals surface area contributed by atoms with E-state index < -0.39 is 0 Å². The lowest BCUT2D eigenvalue weighted by atomic mass is 9.85. The van der Waals surface area contributed by atoms with Crippen molar-refractivity contribution in [2.75, 3.05) is 52.4 Å². The van der Waals surface area contributed by atoms with Crippen LogP contribution in [-0.2, 0) is 5.41 Å². The minimum atomic E-state index is -0.230. The predicted octanol–water partition coefficient (Wildman–Crippen LogP) is 2.68. The van der Waals surface area contributed by atoms with Gasteiger partial charge in [0.25, 0.3) is 0 Å². The van der Waals surface area contributed by atoms with Crippen molar-refractivity contribution in [3.63, 3.8) is 0 Å². The highest BCUT2D eigenvalue weighted by atomic mass is 19.1. The number of nitrogens with one attached hydrogen (secondary N) is 2. The second kappa shape index (κ2) is 10.8. The largest absolute Gasteiger partial charge is 0.357 e. The fourth-order valence-corrected chi connectivity index (χ4v) is 3.51. The molecule has 2 rings (SSSR count). The molecule has 1 heterocycles. The molecule has 0 aromatic heterocycles. The first-order valence-corrected chi connectivity index (χ1v) is 10.6. The van der Waals surface area contributed by atoms with Crippen molar-refractivity contribution < 1.29 is 4.39 Å². The summed E-state index contributed by atoms with van der Waals surface area (Å²) < 4.78 is 13.6. The zero-order valence-electron chi connectivity index (χ0n) is 18.3. The van der Waals surface area contributed by atoms with Crippen molar-refractivity contribution in [3.05, 3.63) is 35.6 Å². The Morgan fingerprint density at radius 2 is 1.89 bits per heavy atom. The van der Waals surface area contributed by atoms with E-state index in [4.69, 9.17) is 4.99 Å². The van der Waals surface area contributed by atoms with Crippen LogP contribution in [-0.4, -0.2) is 74.2 Å². The highest BCUT2D eigenvalue weighted by molar-refractivity contribution is 5.79. The van der Waals surface area contributed by atoms with Crippen LogP contribution in [0.5, 0.6) is 0 Å². The number of halogens is 1. The summed E-state index contributed by atoms with van der Waals surface area (Å²) in [5, 5.41) is 6.82. The van der Waals surface area contributed by atoms with Gasteiger partial charge in [-0.3, -0.25) is 9.89 Å².